The maximum atomic E-state index is 4.38. The summed E-state index contributed by atoms with van der Waals surface area (Å²) in [6.45, 7) is 12.9. The number of aryl methyl sites for hydroxylation is 2. The predicted octanol–water partition coefficient (Wildman–Crippen LogP) is 5.50. The zero-order valence-electron chi connectivity index (χ0n) is 12.9. The molecule has 0 spiro atoms. The summed E-state index contributed by atoms with van der Waals surface area (Å²) >= 11 is 0. The molecule has 0 aliphatic heterocycles. The van der Waals surface area contributed by atoms with Gasteiger partial charge in [-0.1, -0.05) is 72.7 Å². The first-order valence-corrected chi connectivity index (χ1v) is 7.07. The van der Waals surface area contributed by atoms with Crippen molar-refractivity contribution in [1.82, 2.24) is 0 Å². The molecule has 0 nitrogen and oxygen atoms in total. The van der Waals surface area contributed by atoms with Crippen LogP contribution < -0.4 is 0 Å². The van der Waals surface area contributed by atoms with Gasteiger partial charge in [0, 0.05) is 5.41 Å². The van der Waals surface area contributed by atoms with Crippen molar-refractivity contribution >= 4 is 5.57 Å². The van der Waals surface area contributed by atoms with Gasteiger partial charge < -0.3 is 0 Å². The van der Waals surface area contributed by atoms with Gasteiger partial charge in [-0.15, -0.1) is 0 Å². The summed E-state index contributed by atoms with van der Waals surface area (Å²) in [6, 6.07) is 17.3. The van der Waals surface area contributed by atoms with E-state index in [1.54, 1.807) is 0 Å². The van der Waals surface area contributed by atoms with Crippen LogP contribution in [0.25, 0.3) is 5.57 Å². The van der Waals surface area contributed by atoms with Crippen molar-refractivity contribution in [3.8, 4) is 0 Å². The Morgan fingerprint density at radius 3 is 1.85 bits per heavy atom. The van der Waals surface area contributed by atoms with Crippen LogP contribution in [0.1, 0.15) is 36.1 Å². The molecule has 0 fully saturated rings. The van der Waals surface area contributed by atoms with Crippen molar-refractivity contribution in [2.45, 2.75) is 33.1 Å². The van der Waals surface area contributed by atoms with E-state index in [1.807, 2.05) is 0 Å². The van der Waals surface area contributed by atoms with Gasteiger partial charge in [-0.3, -0.25) is 0 Å². The molecule has 2 aromatic carbocycles. The molecule has 0 aliphatic carbocycles. The molecule has 0 heterocycles. The first kappa shape index (κ1) is 14.6. The number of allylic oxidation sites excluding steroid dienone is 2. The molecule has 0 saturated carbocycles. The highest BCUT2D eigenvalue weighted by Gasteiger charge is 2.18. The third-order valence-electron chi connectivity index (χ3n) is 3.75. The molecule has 0 heteroatoms. The molecule has 0 amide bonds. The van der Waals surface area contributed by atoms with E-state index >= 15 is 0 Å². The highest BCUT2D eigenvalue weighted by Crippen LogP contribution is 2.28. The van der Waals surface area contributed by atoms with E-state index in [2.05, 4.69) is 89.2 Å². The lowest BCUT2D eigenvalue weighted by Gasteiger charge is -2.22. The Bertz CT molecular complexity index is 595. The maximum Gasteiger partial charge on any atom is 0.0110 e. The van der Waals surface area contributed by atoms with Crippen LogP contribution in [0.15, 0.2) is 54.6 Å². The van der Waals surface area contributed by atoms with Gasteiger partial charge in [0.2, 0.25) is 0 Å². The monoisotopic (exact) mass is 263 g/mol. The van der Waals surface area contributed by atoms with Crippen LogP contribution >= 0.6 is 0 Å². The van der Waals surface area contributed by atoms with E-state index in [-0.39, 0.29) is 5.41 Å². The topological polar surface area (TPSA) is 0 Å². The van der Waals surface area contributed by atoms with Crippen LogP contribution in [0, 0.1) is 20.8 Å². The second kappa shape index (κ2) is 5.66. The van der Waals surface area contributed by atoms with Crippen LogP contribution in [0.2, 0.25) is 0 Å². The summed E-state index contributed by atoms with van der Waals surface area (Å²) in [5.41, 5.74) is 6.14. The first-order chi connectivity index (χ1) is 9.38. The Labute approximate surface area is 123 Å². The number of benzene rings is 2. The fourth-order valence-corrected chi connectivity index (χ4v) is 2.40. The molecule has 1 atom stereocenters. The Morgan fingerprint density at radius 2 is 1.35 bits per heavy atom. The standard InChI is InChI=1S/C20H23/c1-15-6-10-18(11-7-15)17(3)14-20(4,5)19-12-8-16(2)9-13-19/h6-14H,4H2,1-3,5H3. The van der Waals surface area contributed by atoms with Crippen molar-refractivity contribution in [3.05, 3.63) is 83.8 Å². The summed E-state index contributed by atoms with van der Waals surface area (Å²) < 4.78 is 0. The maximum absolute atomic E-state index is 4.38. The molecular formula is C20H23. The summed E-state index contributed by atoms with van der Waals surface area (Å²) in [7, 11) is 0. The van der Waals surface area contributed by atoms with Crippen molar-refractivity contribution in [2.75, 3.05) is 0 Å². The Balaban J connectivity index is 2.31. The predicted molar refractivity (Wildman–Crippen MR) is 88.7 cm³/mol. The zero-order valence-corrected chi connectivity index (χ0v) is 12.9. The van der Waals surface area contributed by atoms with Crippen molar-refractivity contribution in [1.29, 1.82) is 0 Å². The lowest BCUT2D eigenvalue weighted by Crippen LogP contribution is -2.14. The normalized spacial score (nSPS) is 12.6. The Kier molecular flexibility index (Phi) is 4.13. The molecule has 2 aromatic rings. The summed E-state index contributed by atoms with van der Waals surface area (Å²) in [4.78, 5) is 0. The van der Waals surface area contributed by atoms with Gasteiger partial charge in [-0.25, -0.2) is 0 Å². The number of hydrogen-bond acceptors (Lipinski definition) is 0. The van der Waals surface area contributed by atoms with Crippen LogP contribution in [-0.2, 0) is 5.41 Å². The summed E-state index contributed by atoms with van der Waals surface area (Å²) in [6.07, 6.45) is 2.25. The average Bonchev–Trinajstić information content (AvgIpc) is 2.39. The molecule has 1 unspecified atom stereocenters. The molecule has 0 bridgehead atoms. The van der Waals surface area contributed by atoms with Gasteiger partial charge in [-0.05, 0) is 44.4 Å². The summed E-state index contributed by atoms with van der Waals surface area (Å²) in [5.74, 6) is 0. The lowest BCUT2D eigenvalue weighted by molar-refractivity contribution is 0.753. The average molecular weight is 263 g/mol. The minimum Gasteiger partial charge on any atom is -0.0707 e. The van der Waals surface area contributed by atoms with Crippen molar-refractivity contribution < 1.29 is 0 Å². The minimum absolute atomic E-state index is 0.206. The number of rotatable bonds is 3. The van der Waals surface area contributed by atoms with Crippen LogP contribution in [0.3, 0.4) is 0 Å². The number of hydrogen-bond donors (Lipinski definition) is 0. The Hall–Kier alpha value is -1.82. The molecule has 0 aromatic heterocycles. The second-order valence-electron chi connectivity index (χ2n) is 5.98. The van der Waals surface area contributed by atoms with Gasteiger partial charge in [0.25, 0.3) is 0 Å². The largest absolute Gasteiger partial charge is 0.0707 e. The molecule has 1 radical (unpaired) electrons. The highest BCUT2D eigenvalue weighted by molar-refractivity contribution is 5.66. The molecule has 0 saturated heterocycles. The molecule has 0 aliphatic rings. The summed E-state index contributed by atoms with van der Waals surface area (Å²) in [5, 5.41) is 0. The van der Waals surface area contributed by atoms with Crippen LogP contribution in [0.4, 0.5) is 0 Å². The van der Waals surface area contributed by atoms with E-state index in [0.29, 0.717) is 0 Å². The van der Waals surface area contributed by atoms with Gasteiger partial charge >= 0.3 is 0 Å². The SMILES string of the molecule is [CH2]C(C)(C=C(C)c1ccc(C)cc1)c1ccc(C)cc1. The van der Waals surface area contributed by atoms with Crippen molar-refractivity contribution in [2.24, 2.45) is 0 Å². The van der Waals surface area contributed by atoms with Gasteiger partial charge in [0.15, 0.2) is 0 Å². The van der Waals surface area contributed by atoms with E-state index < -0.39 is 0 Å². The zero-order chi connectivity index (χ0) is 14.8. The third-order valence-corrected chi connectivity index (χ3v) is 3.75. The molecular weight excluding hydrogens is 240 g/mol. The lowest BCUT2D eigenvalue weighted by atomic mass is 9.82. The molecule has 2 rings (SSSR count). The fourth-order valence-electron chi connectivity index (χ4n) is 2.40. The molecule has 0 N–H and O–H groups in total. The van der Waals surface area contributed by atoms with Gasteiger partial charge in [-0.2, -0.15) is 0 Å². The third kappa shape index (κ3) is 3.39. The Morgan fingerprint density at radius 1 is 0.900 bits per heavy atom. The minimum atomic E-state index is -0.206. The smallest absolute Gasteiger partial charge is 0.0110 e. The molecule has 20 heavy (non-hydrogen) atoms. The highest BCUT2D eigenvalue weighted by atomic mass is 14.2. The van der Waals surface area contributed by atoms with Crippen LogP contribution in [-0.4, -0.2) is 0 Å². The first-order valence-electron chi connectivity index (χ1n) is 7.07. The van der Waals surface area contributed by atoms with Crippen molar-refractivity contribution in [3.63, 3.8) is 0 Å². The van der Waals surface area contributed by atoms with Gasteiger partial charge in [0.05, 0.1) is 0 Å². The van der Waals surface area contributed by atoms with E-state index in [1.165, 1.54) is 27.8 Å². The van der Waals surface area contributed by atoms with E-state index in [0.717, 1.165) is 0 Å². The molecule has 103 valence electrons. The quantitative estimate of drug-likeness (QED) is 0.686. The van der Waals surface area contributed by atoms with E-state index in [9.17, 15) is 0 Å². The van der Waals surface area contributed by atoms with E-state index in [4.69, 9.17) is 0 Å². The van der Waals surface area contributed by atoms with Gasteiger partial charge in [0.1, 0.15) is 0 Å². The fraction of sp³-hybridized carbons (Fsp3) is 0.250. The second-order valence-corrected chi connectivity index (χ2v) is 5.98. The van der Waals surface area contributed by atoms with Crippen LogP contribution in [0.5, 0.6) is 0 Å².